The lowest BCUT2D eigenvalue weighted by atomic mass is 10.1. The van der Waals surface area contributed by atoms with Crippen molar-refractivity contribution in [3.8, 4) is 5.75 Å². The summed E-state index contributed by atoms with van der Waals surface area (Å²) in [4.78, 5) is 24.3. The van der Waals surface area contributed by atoms with Crippen LogP contribution in [-0.4, -0.2) is 18.9 Å². The predicted molar refractivity (Wildman–Crippen MR) is 110 cm³/mol. The van der Waals surface area contributed by atoms with Crippen LogP contribution in [0.1, 0.15) is 26.3 Å². The molecule has 0 heterocycles. The summed E-state index contributed by atoms with van der Waals surface area (Å²) in [6.45, 7) is 0.255. The van der Waals surface area contributed by atoms with Crippen LogP contribution < -0.4 is 15.4 Å². The Balaban J connectivity index is 1.72. The molecule has 0 radical (unpaired) electrons. The summed E-state index contributed by atoms with van der Waals surface area (Å²) in [6, 6.07) is 21.0. The fourth-order valence-electron chi connectivity index (χ4n) is 2.60. The largest absolute Gasteiger partial charge is 0.488 e. The molecule has 2 N–H and O–H groups in total. The molecule has 0 aliphatic carbocycles. The van der Waals surface area contributed by atoms with Crippen LogP contribution in [0.25, 0.3) is 0 Å². The molecule has 3 aromatic carbocycles. The predicted octanol–water partition coefficient (Wildman–Crippen LogP) is 4.53. The molecule has 3 aromatic rings. The third-order valence-corrected chi connectivity index (χ3v) is 4.47. The number of rotatable bonds is 6. The zero-order valence-electron chi connectivity index (χ0n) is 15.2. The van der Waals surface area contributed by atoms with Gasteiger partial charge >= 0.3 is 0 Å². The number of nitrogens with one attached hydrogen (secondary N) is 2. The summed E-state index contributed by atoms with van der Waals surface area (Å²) in [5, 5.41) is 5.98. The second kappa shape index (κ2) is 9.06. The van der Waals surface area contributed by atoms with Gasteiger partial charge in [-0.25, -0.2) is 0 Å². The van der Waals surface area contributed by atoms with Gasteiger partial charge in [-0.1, -0.05) is 41.9 Å². The first kappa shape index (κ1) is 19.5. The van der Waals surface area contributed by atoms with E-state index in [0.29, 0.717) is 27.6 Å². The van der Waals surface area contributed by atoms with Crippen molar-refractivity contribution in [2.75, 3.05) is 12.4 Å². The van der Waals surface area contributed by atoms with Crippen LogP contribution in [0.15, 0.2) is 72.8 Å². The maximum Gasteiger partial charge on any atom is 0.259 e. The first-order chi connectivity index (χ1) is 13.6. The van der Waals surface area contributed by atoms with Crippen LogP contribution in [0.5, 0.6) is 5.75 Å². The van der Waals surface area contributed by atoms with Crippen LogP contribution >= 0.6 is 11.6 Å². The summed E-state index contributed by atoms with van der Waals surface area (Å²) in [5.74, 6) is -0.0273. The Morgan fingerprint density at radius 1 is 0.893 bits per heavy atom. The van der Waals surface area contributed by atoms with Gasteiger partial charge in [0.25, 0.3) is 11.8 Å². The molecule has 0 atom stereocenters. The average molecular weight is 395 g/mol. The third-order valence-electron chi connectivity index (χ3n) is 4.10. The molecule has 0 spiro atoms. The first-order valence-corrected chi connectivity index (χ1v) is 9.05. The lowest BCUT2D eigenvalue weighted by Crippen LogP contribution is -2.18. The summed E-state index contributed by atoms with van der Waals surface area (Å²) in [5.41, 5.74) is 2.34. The molecule has 6 heteroatoms. The molecule has 2 amide bonds. The van der Waals surface area contributed by atoms with Gasteiger partial charge < -0.3 is 15.4 Å². The number of carbonyl (C=O) groups is 2. The zero-order valence-corrected chi connectivity index (χ0v) is 16.0. The van der Waals surface area contributed by atoms with Gasteiger partial charge in [-0.2, -0.15) is 0 Å². The fourth-order valence-corrected chi connectivity index (χ4v) is 2.79. The van der Waals surface area contributed by atoms with Gasteiger partial charge in [0.05, 0.1) is 5.56 Å². The highest BCUT2D eigenvalue weighted by Crippen LogP contribution is 2.23. The number of hydrogen-bond donors (Lipinski definition) is 2. The first-order valence-electron chi connectivity index (χ1n) is 8.67. The Hall–Kier alpha value is -3.31. The molecule has 142 valence electrons. The van der Waals surface area contributed by atoms with Crippen LogP contribution in [0.2, 0.25) is 5.02 Å². The normalized spacial score (nSPS) is 10.2. The minimum absolute atomic E-state index is 0.184. The second-order valence-corrected chi connectivity index (χ2v) is 6.39. The van der Waals surface area contributed by atoms with E-state index >= 15 is 0 Å². The van der Waals surface area contributed by atoms with Crippen molar-refractivity contribution < 1.29 is 14.3 Å². The lowest BCUT2D eigenvalue weighted by molar-refractivity contribution is 0.0962. The molecule has 0 fully saturated rings. The highest BCUT2D eigenvalue weighted by Gasteiger charge is 2.13. The van der Waals surface area contributed by atoms with E-state index < -0.39 is 0 Å². The molecular weight excluding hydrogens is 376 g/mol. The van der Waals surface area contributed by atoms with Gasteiger partial charge in [0.15, 0.2) is 0 Å². The maximum atomic E-state index is 12.7. The van der Waals surface area contributed by atoms with E-state index in [1.165, 1.54) is 0 Å². The maximum absolute atomic E-state index is 12.7. The van der Waals surface area contributed by atoms with E-state index in [4.69, 9.17) is 16.3 Å². The Morgan fingerprint density at radius 2 is 1.57 bits per heavy atom. The molecule has 0 aliphatic rings. The van der Waals surface area contributed by atoms with E-state index in [-0.39, 0.29) is 18.4 Å². The lowest BCUT2D eigenvalue weighted by Gasteiger charge is -2.12. The second-order valence-electron chi connectivity index (χ2n) is 5.99. The SMILES string of the molecule is CNC(=O)c1ccc(NC(=O)c2ccccc2OCc2ccccc2Cl)cc1. The quantitative estimate of drug-likeness (QED) is 0.645. The van der Waals surface area contributed by atoms with Crippen LogP contribution in [0.3, 0.4) is 0 Å². The molecule has 5 nitrogen and oxygen atoms in total. The number of hydrogen-bond acceptors (Lipinski definition) is 3. The molecule has 0 saturated heterocycles. The minimum atomic E-state index is -0.303. The average Bonchev–Trinajstić information content (AvgIpc) is 2.73. The topological polar surface area (TPSA) is 67.4 Å². The van der Waals surface area contributed by atoms with Gasteiger partial charge in [0.1, 0.15) is 12.4 Å². The van der Waals surface area contributed by atoms with Crippen molar-refractivity contribution in [2.24, 2.45) is 0 Å². The molecule has 0 unspecified atom stereocenters. The number of amides is 2. The number of halogens is 1. The Morgan fingerprint density at radius 3 is 2.29 bits per heavy atom. The van der Waals surface area contributed by atoms with E-state index in [0.717, 1.165) is 5.56 Å². The summed E-state index contributed by atoms with van der Waals surface area (Å²) >= 11 is 6.16. The molecule has 28 heavy (non-hydrogen) atoms. The summed E-state index contributed by atoms with van der Waals surface area (Å²) in [7, 11) is 1.57. The molecule has 0 bridgehead atoms. The number of ether oxygens (including phenoxy) is 1. The van der Waals surface area contributed by atoms with E-state index in [1.54, 1.807) is 61.6 Å². The van der Waals surface area contributed by atoms with Crippen molar-refractivity contribution in [3.63, 3.8) is 0 Å². The Bertz CT molecular complexity index is 987. The summed E-state index contributed by atoms with van der Waals surface area (Å²) in [6.07, 6.45) is 0. The van der Waals surface area contributed by atoms with Crippen LogP contribution in [0.4, 0.5) is 5.69 Å². The molecule has 0 saturated carbocycles. The highest BCUT2D eigenvalue weighted by molar-refractivity contribution is 6.31. The van der Waals surface area contributed by atoms with Crippen molar-refractivity contribution >= 4 is 29.1 Å². The standard InChI is InChI=1S/C22H19ClN2O3/c1-24-21(26)15-10-12-17(13-11-15)25-22(27)18-7-3-5-9-20(18)28-14-16-6-2-4-8-19(16)23/h2-13H,14H2,1H3,(H,24,26)(H,25,27). The van der Waals surface area contributed by atoms with Crippen LogP contribution in [-0.2, 0) is 6.61 Å². The highest BCUT2D eigenvalue weighted by atomic mass is 35.5. The van der Waals surface area contributed by atoms with E-state index in [1.807, 2.05) is 18.2 Å². The number of benzene rings is 3. The van der Waals surface area contributed by atoms with Crippen molar-refractivity contribution in [1.29, 1.82) is 0 Å². The van der Waals surface area contributed by atoms with Crippen molar-refractivity contribution in [2.45, 2.75) is 6.61 Å². The van der Waals surface area contributed by atoms with E-state index in [9.17, 15) is 9.59 Å². The van der Waals surface area contributed by atoms with Crippen LogP contribution in [0, 0.1) is 0 Å². The Kier molecular flexibility index (Phi) is 6.29. The van der Waals surface area contributed by atoms with Gasteiger partial charge in [-0.15, -0.1) is 0 Å². The van der Waals surface area contributed by atoms with Gasteiger partial charge in [0.2, 0.25) is 0 Å². The fraction of sp³-hybridized carbons (Fsp3) is 0.0909. The van der Waals surface area contributed by atoms with E-state index in [2.05, 4.69) is 10.6 Å². The van der Waals surface area contributed by atoms with Gasteiger partial charge in [0, 0.05) is 28.9 Å². The minimum Gasteiger partial charge on any atom is -0.488 e. The Labute approximate surface area is 168 Å². The third kappa shape index (κ3) is 4.69. The number of para-hydroxylation sites is 1. The molecule has 3 rings (SSSR count). The van der Waals surface area contributed by atoms with Crippen molar-refractivity contribution in [1.82, 2.24) is 5.32 Å². The van der Waals surface area contributed by atoms with Crippen molar-refractivity contribution in [3.05, 3.63) is 94.5 Å². The smallest absolute Gasteiger partial charge is 0.259 e. The number of carbonyl (C=O) groups excluding carboxylic acids is 2. The molecule has 0 aliphatic heterocycles. The monoisotopic (exact) mass is 394 g/mol. The summed E-state index contributed by atoms with van der Waals surface area (Å²) < 4.78 is 5.83. The molecular formula is C22H19ClN2O3. The zero-order chi connectivity index (χ0) is 19.9. The molecule has 0 aromatic heterocycles. The van der Waals surface area contributed by atoms with Gasteiger partial charge in [-0.05, 0) is 42.5 Å². The van der Waals surface area contributed by atoms with Gasteiger partial charge in [-0.3, -0.25) is 9.59 Å². The number of anilines is 1.